The Hall–Kier alpha value is -1.26. The SMILES string of the molecule is NCCC(=O)c1ccc(Cl)c2c1OCCO2. The van der Waals surface area contributed by atoms with Crippen molar-refractivity contribution >= 4 is 17.4 Å². The molecule has 1 aromatic carbocycles. The third-order valence-corrected chi connectivity index (χ3v) is 2.61. The van der Waals surface area contributed by atoms with Crippen molar-refractivity contribution in [2.75, 3.05) is 19.8 Å². The monoisotopic (exact) mass is 241 g/mol. The van der Waals surface area contributed by atoms with Gasteiger partial charge in [0.05, 0.1) is 10.6 Å². The van der Waals surface area contributed by atoms with E-state index >= 15 is 0 Å². The highest BCUT2D eigenvalue weighted by Gasteiger charge is 2.22. The summed E-state index contributed by atoms with van der Waals surface area (Å²) >= 11 is 5.95. The first kappa shape index (κ1) is 11.2. The molecule has 0 aromatic heterocycles. The van der Waals surface area contributed by atoms with E-state index in [1.807, 2.05) is 0 Å². The summed E-state index contributed by atoms with van der Waals surface area (Å²) in [6.45, 7) is 1.19. The molecule has 0 unspecified atom stereocenters. The second-order valence-corrected chi connectivity index (χ2v) is 3.82. The van der Waals surface area contributed by atoms with E-state index in [-0.39, 0.29) is 12.2 Å². The molecule has 0 atom stereocenters. The zero-order valence-electron chi connectivity index (χ0n) is 8.66. The Labute approximate surface area is 98.3 Å². The van der Waals surface area contributed by atoms with Crippen LogP contribution in [0.1, 0.15) is 16.8 Å². The molecule has 16 heavy (non-hydrogen) atoms. The fourth-order valence-corrected chi connectivity index (χ4v) is 1.79. The van der Waals surface area contributed by atoms with Gasteiger partial charge >= 0.3 is 0 Å². The Balaban J connectivity index is 2.42. The van der Waals surface area contributed by atoms with Gasteiger partial charge in [0.2, 0.25) is 0 Å². The molecule has 0 radical (unpaired) electrons. The van der Waals surface area contributed by atoms with Crippen LogP contribution >= 0.6 is 11.6 Å². The maximum atomic E-state index is 11.8. The summed E-state index contributed by atoms with van der Waals surface area (Å²) in [5.74, 6) is 0.842. The van der Waals surface area contributed by atoms with E-state index in [1.54, 1.807) is 12.1 Å². The second kappa shape index (κ2) is 4.72. The molecule has 1 aromatic rings. The number of hydrogen-bond acceptors (Lipinski definition) is 4. The lowest BCUT2D eigenvalue weighted by Crippen LogP contribution is -2.19. The number of halogens is 1. The Morgan fingerprint density at radius 1 is 1.31 bits per heavy atom. The molecular weight excluding hydrogens is 230 g/mol. The number of rotatable bonds is 3. The molecule has 86 valence electrons. The first-order valence-electron chi connectivity index (χ1n) is 5.05. The molecule has 0 amide bonds. The fraction of sp³-hybridized carbons (Fsp3) is 0.364. The Bertz CT molecular complexity index is 420. The van der Waals surface area contributed by atoms with Gasteiger partial charge in [0.1, 0.15) is 13.2 Å². The number of ether oxygens (including phenoxy) is 2. The predicted molar refractivity (Wildman–Crippen MR) is 60.4 cm³/mol. The lowest BCUT2D eigenvalue weighted by atomic mass is 10.1. The van der Waals surface area contributed by atoms with Crippen molar-refractivity contribution in [2.24, 2.45) is 5.73 Å². The van der Waals surface area contributed by atoms with Gasteiger partial charge in [0.25, 0.3) is 0 Å². The molecule has 0 aliphatic carbocycles. The van der Waals surface area contributed by atoms with Crippen LogP contribution in [-0.2, 0) is 0 Å². The molecule has 0 saturated carbocycles. The van der Waals surface area contributed by atoms with E-state index in [2.05, 4.69) is 0 Å². The largest absolute Gasteiger partial charge is 0.485 e. The van der Waals surface area contributed by atoms with Crippen LogP contribution in [0.15, 0.2) is 12.1 Å². The van der Waals surface area contributed by atoms with Crippen molar-refractivity contribution in [3.8, 4) is 11.5 Å². The van der Waals surface area contributed by atoms with Crippen molar-refractivity contribution in [2.45, 2.75) is 6.42 Å². The lowest BCUT2D eigenvalue weighted by Gasteiger charge is -2.21. The molecule has 4 nitrogen and oxygen atoms in total. The summed E-state index contributed by atoms with van der Waals surface area (Å²) in [7, 11) is 0. The number of ketones is 1. The minimum absolute atomic E-state index is 0.0547. The van der Waals surface area contributed by atoms with Gasteiger partial charge in [-0.25, -0.2) is 0 Å². The minimum Gasteiger partial charge on any atom is -0.485 e. The first-order valence-corrected chi connectivity index (χ1v) is 5.43. The normalized spacial score (nSPS) is 13.6. The van der Waals surface area contributed by atoms with Gasteiger partial charge in [-0.2, -0.15) is 0 Å². The van der Waals surface area contributed by atoms with E-state index in [1.165, 1.54) is 0 Å². The minimum atomic E-state index is -0.0547. The molecule has 5 heteroatoms. The fourth-order valence-electron chi connectivity index (χ4n) is 1.59. The molecule has 0 saturated heterocycles. The molecule has 1 aliphatic heterocycles. The van der Waals surface area contributed by atoms with E-state index in [9.17, 15) is 4.79 Å². The summed E-state index contributed by atoms with van der Waals surface area (Å²) in [6, 6.07) is 3.28. The zero-order chi connectivity index (χ0) is 11.5. The highest BCUT2D eigenvalue weighted by molar-refractivity contribution is 6.32. The van der Waals surface area contributed by atoms with Crippen LogP contribution in [0.2, 0.25) is 5.02 Å². The van der Waals surface area contributed by atoms with Crippen LogP contribution in [0.4, 0.5) is 0 Å². The van der Waals surface area contributed by atoms with Gasteiger partial charge in [0.15, 0.2) is 17.3 Å². The van der Waals surface area contributed by atoms with E-state index < -0.39 is 0 Å². The van der Waals surface area contributed by atoms with E-state index in [0.717, 1.165) is 0 Å². The quantitative estimate of drug-likeness (QED) is 0.818. The standard InChI is InChI=1S/C11H12ClNO3/c12-8-2-1-7(9(14)3-4-13)10-11(8)16-6-5-15-10/h1-2H,3-6,13H2. The summed E-state index contributed by atoms with van der Waals surface area (Å²) in [6.07, 6.45) is 0.289. The Kier molecular flexibility index (Phi) is 3.31. The number of benzene rings is 1. The van der Waals surface area contributed by atoms with E-state index in [4.69, 9.17) is 26.8 Å². The number of carbonyl (C=O) groups is 1. The van der Waals surface area contributed by atoms with E-state index in [0.29, 0.717) is 41.8 Å². The molecule has 0 bridgehead atoms. The third kappa shape index (κ3) is 1.99. The van der Waals surface area contributed by atoms with Crippen LogP contribution in [0.25, 0.3) is 0 Å². The molecule has 2 N–H and O–H groups in total. The smallest absolute Gasteiger partial charge is 0.180 e. The van der Waals surface area contributed by atoms with Gasteiger partial charge in [-0.15, -0.1) is 0 Å². The van der Waals surface area contributed by atoms with Crippen molar-refractivity contribution in [3.63, 3.8) is 0 Å². The molecule has 0 spiro atoms. The van der Waals surface area contributed by atoms with Crippen LogP contribution in [-0.4, -0.2) is 25.5 Å². The Morgan fingerprint density at radius 2 is 2.00 bits per heavy atom. The van der Waals surface area contributed by atoms with Crippen molar-refractivity contribution < 1.29 is 14.3 Å². The number of nitrogens with two attached hydrogens (primary N) is 1. The maximum absolute atomic E-state index is 11.8. The summed E-state index contributed by atoms with van der Waals surface area (Å²) in [4.78, 5) is 11.8. The summed E-state index contributed by atoms with van der Waals surface area (Å²) < 4.78 is 10.8. The number of fused-ring (bicyclic) bond motifs is 1. The van der Waals surface area contributed by atoms with Crippen molar-refractivity contribution in [1.29, 1.82) is 0 Å². The van der Waals surface area contributed by atoms with Crippen LogP contribution in [0.5, 0.6) is 11.5 Å². The molecule has 1 heterocycles. The van der Waals surface area contributed by atoms with Crippen LogP contribution in [0, 0.1) is 0 Å². The van der Waals surface area contributed by atoms with Gasteiger partial charge in [-0.1, -0.05) is 11.6 Å². The molecular formula is C11H12ClNO3. The maximum Gasteiger partial charge on any atom is 0.180 e. The first-order chi connectivity index (χ1) is 7.74. The summed E-state index contributed by atoms with van der Waals surface area (Å²) in [5.41, 5.74) is 5.84. The molecule has 2 rings (SSSR count). The zero-order valence-corrected chi connectivity index (χ0v) is 9.42. The Morgan fingerprint density at radius 3 is 2.69 bits per heavy atom. The van der Waals surface area contributed by atoms with Crippen LogP contribution in [0.3, 0.4) is 0 Å². The number of hydrogen-bond donors (Lipinski definition) is 1. The second-order valence-electron chi connectivity index (χ2n) is 3.41. The number of carbonyl (C=O) groups excluding carboxylic acids is 1. The summed E-state index contributed by atoms with van der Waals surface area (Å²) in [5, 5.41) is 0.457. The van der Waals surface area contributed by atoms with Gasteiger partial charge in [0, 0.05) is 6.42 Å². The third-order valence-electron chi connectivity index (χ3n) is 2.31. The van der Waals surface area contributed by atoms with Gasteiger partial charge in [-0.05, 0) is 18.7 Å². The van der Waals surface area contributed by atoms with Crippen molar-refractivity contribution in [1.82, 2.24) is 0 Å². The van der Waals surface area contributed by atoms with Gasteiger partial charge < -0.3 is 15.2 Å². The average molecular weight is 242 g/mol. The topological polar surface area (TPSA) is 61.6 Å². The number of Topliss-reactive ketones (excluding diaryl/α,β-unsaturated/α-hetero) is 1. The van der Waals surface area contributed by atoms with Crippen molar-refractivity contribution in [3.05, 3.63) is 22.7 Å². The van der Waals surface area contributed by atoms with Gasteiger partial charge in [-0.3, -0.25) is 4.79 Å². The molecule has 1 aliphatic rings. The lowest BCUT2D eigenvalue weighted by molar-refractivity contribution is 0.0974. The highest BCUT2D eigenvalue weighted by Crippen LogP contribution is 2.40. The van der Waals surface area contributed by atoms with Crippen LogP contribution < -0.4 is 15.2 Å². The average Bonchev–Trinajstić information content (AvgIpc) is 2.30. The highest BCUT2D eigenvalue weighted by atomic mass is 35.5. The predicted octanol–water partition coefficient (Wildman–Crippen LogP) is 1.64. The molecule has 0 fully saturated rings.